The third-order valence-corrected chi connectivity index (χ3v) is 5.04. The third kappa shape index (κ3) is 3.71. The fourth-order valence-electron chi connectivity index (χ4n) is 3.67. The molecule has 1 N–H and O–H groups in total. The van der Waals surface area contributed by atoms with Gasteiger partial charge in [-0.25, -0.2) is 9.97 Å². The Hall–Kier alpha value is -2.93. The van der Waals surface area contributed by atoms with Crippen LogP contribution in [0.1, 0.15) is 26.8 Å². The number of nitrogens with one attached hydrogen (secondary N) is 1. The summed E-state index contributed by atoms with van der Waals surface area (Å²) in [5.41, 5.74) is 2.50. The van der Waals surface area contributed by atoms with Gasteiger partial charge in [0.1, 0.15) is 11.9 Å². The molecule has 3 aromatic rings. The Kier molecular flexibility index (Phi) is 5.00. The lowest BCUT2D eigenvalue weighted by Gasteiger charge is -2.36. The van der Waals surface area contributed by atoms with E-state index in [4.69, 9.17) is 4.74 Å². The van der Waals surface area contributed by atoms with Crippen LogP contribution in [0.3, 0.4) is 0 Å². The molecule has 0 saturated carbocycles. The van der Waals surface area contributed by atoms with Gasteiger partial charge in [0.05, 0.1) is 41.5 Å². The summed E-state index contributed by atoms with van der Waals surface area (Å²) in [6, 6.07) is 11.2. The number of para-hydroxylation sites is 2. The predicted octanol–water partition coefficient (Wildman–Crippen LogP) is 3.24. The molecule has 1 aliphatic heterocycles. The van der Waals surface area contributed by atoms with E-state index in [1.165, 1.54) is 0 Å². The highest BCUT2D eigenvalue weighted by molar-refractivity contribution is 5.94. The molecule has 0 aliphatic carbocycles. The minimum Gasteiger partial charge on any atom is -0.372 e. The van der Waals surface area contributed by atoms with Crippen LogP contribution in [0, 0.1) is 0 Å². The first kappa shape index (κ1) is 18.4. The Labute approximate surface area is 164 Å². The zero-order chi connectivity index (χ0) is 19.7. The standard InChI is InChI=1S/C21H25N5O2/c1-14-11-25(12-15(2)28-14)20-9-8-17(10-22-20)24-21(27)16(3)26-13-23-18-6-4-5-7-19(18)26/h4-10,13-16H,11-12H2,1-3H3,(H,24,27)/t14-,15+,16-/m0/s1. The van der Waals surface area contributed by atoms with Crippen molar-refractivity contribution >= 4 is 28.4 Å². The number of amides is 1. The van der Waals surface area contributed by atoms with Gasteiger partial charge in [-0.05, 0) is 45.0 Å². The molecule has 3 atom stereocenters. The molecule has 1 aromatic carbocycles. The van der Waals surface area contributed by atoms with Gasteiger partial charge in [-0.15, -0.1) is 0 Å². The summed E-state index contributed by atoms with van der Waals surface area (Å²) in [6.45, 7) is 7.63. The zero-order valence-corrected chi connectivity index (χ0v) is 16.4. The maximum Gasteiger partial charge on any atom is 0.247 e. The molecular weight excluding hydrogens is 354 g/mol. The van der Waals surface area contributed by atoms with Crippen LogP contribution < -0.4 is 10.2 Å². The second-order valence-electron chi connectivity index (χ2n) is 7.37. The lowest BCUT2D eigenvalue weighted by Crippen LogP contribution is -2.45. The molecule has 146 valence electrons. The number of pyridine rings is 1. The summed E-state index contributed by atoms with van der Waals surface area (Å²) in [5.74, 6) is 0.792. The highest BCUT2D eigenvalue weighted by Gasteiger charge is 2.23. The van der Waals surface area contributed by atoms with E-state index in [2.05, 4.69) is 34.0 Å². The van der Waals surface area contributed by atoms with Crippen LogP contribution in [0.5, 0.6) is 0 Å². The molecular formula is C21H25N5O2. The average molecular weight is 379 g/mol. The van der Waals surface area contributed by atoms with Crippen LogP contribution in [0.25, 0.3) is 11.0 Å². The van der Waals surface area contributed by atoms with E-state index in [-0.39, 0.29) is 24.2 Å². The lowest BCUT2D eigenvalue weighted by atomic mass is 10.2. The highest BCUT2D eigenvalue weighted by atomic mass is 16.5. The van der Waals surface area contributed by atoms with E-state index in [1.807, 2.05) is 47.9 Å². The molecule has 0 bridgehead atoms. The topological polar surface area (TPSA) is 72.3 Å². The van der Waals surface area contributed by atoms with Crippen molar-refractivity contribution in [1.82, 2.24) is 14.5 Å². The first-order chi connectivity index (χ1) is 13.5. The largest absolute Gasteiger partial charge is 0.372 e. The lowest BCUT2D eigenvalue weighted by molar-refractivity contribution is -0.118. The Bertz CT molecular complexity index is 958. The normalized spacial score (nSPS) is 20.9. The number of hydrogen-bond donors (Lipinski definition) is 1. The molecule has 4 rings (SSSR count). The second-order valence-corrected chi connectivity index (χ2v) is 7.37. The summed E-state index contributed by atoms with van der Waals surface area (Å²) >= 11 is 0. The molecule has 2 aromatic heterocycles. The number of anilines is 2. The van der Waals surface area contributed by atoms with Crippen molar-refractivity contribution in [2.75, 3.05) is 23.3 Å². The molecule has 1 saturated heterocycles. The Balaban J connectivity index is 1.44. The van der Waals surface area contributed by atoms with E-state index in [0.29, 0.717) is 5.69 Å². The molecule has 1 fully saturated rings. The van der Waals surface area contributed by atoms with Gasteiger partial charge in [-0.3, -0.25) is 4.79 Å². The number of aromatic nitrogens is 3. The number of carbonyl (C=O) groups excluding carboxylic acids is 1. The summed E-state index contributed by atoms with van der Waals surface area (Å²) in [4.78, 5) is 23.8. The number of benzene rings is 1. The Morgan fingerprint density at radius 1 is 1.14 bits per heavy atom. The minimum atomic E-state index is -0.381. The monoisotopic (exact) mass is 379 g/mol. The third-order valence-electron chi connectivity index (χ3n) is 5.04. The van der Waals surface area contributed by atoms with Crippen molar-refractivity contribution in [2.45, 2.75) is 39.0 Å². The van der Waals surface area contributed by atoms with Gasteiger partial charge in [-0.2, -0.15) is 0 Å². The number of morpholine rings is 1. The van der Waals surface area contributed by atoms with Gasteiger partial charge in [-0.1, -0.05) is 12.1 Å². The second kappa shape index (κ2) is 7.59. The molecule has 3 heterocycles. The predicted molar refractivity (Wildman–Crippen MR) is 110 cm³/mol. The number of carbonyl (C=O) groups is 1. The fraction of sp³-hybridized carbons (Fsp3) is 0.381. The van der Waals surface area contributed by atoms with Crippen molar-refractivity contribution in [1.29, 1.82) is 0 Å². The molecule has 0 unspecified atom stereocenters. The van der Waals surface area contributed by atoms with Crippen LogP contribution in [0.4, 0.5) is 11.5 Å². The van der Waals surface area contributed by atoms with Crippen LogP contribution in [-0.4, -0.2) is 45.7 Å². The number of hydrogen-bond acceptors (Lipinski definition) is 5. The van der Waals surface area contributed by atoms with E-state index < -0.39 is 0 Å². The van der Waals surface area contributed by atoms with Crippen molar-refractivity contribution in [3.8, 4) is 0 Å². The Morgan fingerprint density at radius 2 is 1.89 bits per heavy atom. The summed E-state index contributed by atoms with van der Waals surface area (Å²) in [7, 11) is 0. The molecule has 1 aliphatic rings. The van der Waals surface area contributed by atoms with E-state index >= 15 is 0 Å². The van der Waals surface area contributed by atoms with Crippen LogP contribution >= 0.6 is 0 Å². The maximum absolute atomic E-state index is 12.7. The average Bonchev–Trinajstić information content (AvgIpc) is 3.11. The molecule has 7 nitrogen and oxygen atoms in total. The number of fused-ring (bicyclic) bond motifs is 1. The van der Waals surface area contributed by atoms with Crippen molar-refractivity contribution < 1.29 is 9.53 Å². The van der Waals surface area contributed by atoms with Gasteiger partial charge in [0.2, 0.25) is 5.91 Å². The summed E-state index contributed by atoms with van der Waals surface area (Å²) < 4.78 is 7.65. The highest BCUT2D eigenvalue weighted by Crippen LogP contribution is 2.21. The maximum atomic E-state index is 12.7. The molecule has 7 heteroatoms. The SMILES string of the molecule is C[C@@H]1CN(c2ccc(NC(=O)[C@H](C)n3cnc4ccccc43)cn2)C[C@H](C)O1. The molecule has 0 radical (unpaired) electrons. The van der Waals surface area contributed by atoms with Gasteiger partial charge in [0, 0.05) is 13.1 Å². The number of ether oxygens (including phenoxy) is 1. The minimum absolute atomic E-state index is 0.105. The first-order valence-electron chi connectivity index (χ1n) is 9.60. The molecule has 28 heavy (non-hydrogen) atoms. The van der Waals surface area contributed by atoms with E-state index in [9.17, 15) is 4.79 Å². The molecule has 1 amide bonds. The first-order valence-corrected chi connectivity index (χ1v) is 9.60. The number of nitrogens with zero attached hydrogens (tertiary/aromatic N) is 4. The van der Waals surface area contributed by atoms with Gasteiger partial charge >= 0.3 is 0 Å². The Morgan fingerprint density at radius 3 is 2.61 bits per heavy atom. The summed E-state index contributed by atoms with van der Waals surface area (Å²) in [5, 5.41) is 2.95. The fourth-order valence-corrected chi connectivity index (χ4v) is 3.67. The van der Waals surface area contributed by atoms with Crippen LogP contribution in [-0.2, 0) is 9.53 Å². The van der Waals surface area contributed by atoms with Gasteiger partial charge in [0.25, 0.3) is 0 Å². The van der Waals surface area contributed by atoms with Gasteiger partial charge < -0.3 is 19.5 Å². The van der Waals surface area contributed by atoms with Crippen LogP contribution in [0.15, 0.2) is 48.9 Å². The van der Waals surface area contributed by atoms with Crippen LogP contribution in [0.2, 0.25) is 0 Å². The van der Waals surface area contributed by atoms with Crippen molar-refractivity contribution in [2.24, 2.45) is 0 Å². The smallest absolute Gasteiger partial charge is 0.247 e. The van der Waals surface area contributed by atoms with Crippen molar-refractivity contribution in [3.05, 3.63) is 48.9 Å². The quantitative estimate of drug-likeness (QED) is 0.753. The zero-order valence-electron chi connectivity index (χ0n) is 16.4. The van der Waals surface area contributed by atoms with Crippen molar-refractivity contribution in [3.63, 3.8) is 0 Å². The summed E-state index contributed by atoms with van der Waals surface area (Å²) in [6.07, 6.45) is 3.76. The number of imidazole rings is 1. The van der Waals surface area contributed by atoms with E-state index in [0.717, 1.165) is 29.9 Å². The molecule has 0 spiro atoms. The van der Waals surface area contributed by atoms with E-state index in [1.54, 1.807) is 12.5 Å². The number of rotatable bonds is 4. The van der Waals surface area contributed by atoms with Gasteiger partial charge in [0.15, 0.2) is 0 Å².